The number of carbonyl (C=O) groups is 1. The van der Waals surface area contributed by atoms with Gasteiger partial charge in [0.25, 0.3) is 0 Å². The molecule has 3 aromatic heterocycles. The van der Waals surface area contributed by atoms with Gasteiger partial charge in [0.15, 0.2) is 5.65 Å². The van der Waals surface area contributed by atoms with Crippen molar-refractivity contribution in [3.05, 3.63) is 112 Å². The number of ketones is 1. The van der Waals surface area contributed by atoms with Gasteiger partial charge < -0.3 is 5.32 Å². The first-order chi connectivity index (χ1) is 18.2. The van der Waals surface area contributed by atoms with Crippen molar-refractivity contribution in [1.29, 1.82) is 0 Å². The van der Waals surface area contributed by atoms with Crippen LogP contribution in [0, 0.1) is 0 Å². The van der Waals surface area contributed by atoms with E-state index < -0.39 is 0 Å². The summed E-state index contributed by atoms with van der Waals surface area (Å²) in [5, 5.41) is 10.1. The maximum atomic E-state index is 13.0. The first kappa shape index (κ1) is 24.7. The lowest BCUT2D eigenvalue weighted by atomic mass is 10.0. The molecule has 0 fully saturated rings. The molecule has 5 nitrogen and oxygen atoms in total. The van der Waals surface area contributed by atoms with E-state index in [2.05, 4.69) is 76.9 Å². The average Bonchev–Trinajstić information content (AvgIpc) is 3.63. The molecule has 2 aromatic carbocycles. The summed E-state index contributed by atoms with van der Waals surface area (Å²) in [5.41, 5.74) is 6.64. The highest BCUT2D eigenvalue weighted by atomic mass is 32.1. The molecule has 0 unspecified atom stereocenters. The molecule has 0 aliphatic rings. The van der Waals surface area contributed by atoms with E-state index in [0.717, 1.165) is 29.9 Å². The number of unbranched alkanes of at least 4 members (excludes halogenated alkanes) is 2. The Kier molecular flexibility index (Phi) is 7.87. The topological polar surface area (TPSA) is 59.3 Å². The summed E-state index contributed by atoms with van der Waals surface area (Å²) in [6.07, 6.45) is 10.4. The fourth-order valence-electron chi connectivity index (χ4n) is 4.41. The summed E-state index contributed by atoms with van der Waals surface area (Å²) in [5.74, 6) is -0.0501. The van der Waals surface area contributed by atoms with Gasteiger partial charge in [-0.2, -0.15) is 5.10 Å². The minimum Gasteiger partial charge on any atom is -0.381 e. The molecule has 186 valence electrons. The highest BCUT2D eigenvalue weighted by molar-refractivity contribution is 7.12. The van der Waals surface area contributed by atoms with Gasteiger partial charge in [-0.15, -0.1) is 11.3 Å². The van der Waals surface area contributed by atoms with Crippen LogP contribution in [0.5, 0.6) is 0 Å². The third kappa shape index (κ3) is 5.87. The van der Waals surface area contributed by atoms with Gasteiger partial charge in [-0.3, -0.25) is 4.79 Å². The Labute approximate surface area is 221 Å². The van der Waals surface area contributed by atoms with Crippen LogP contribution in [0.2, 0.25) is 0 Å². The summed E-state index contributed by atoms with van der Waals surface area (Å²) in [6, 6.07) is 24.5. The highest BCUT2D eigenvalue weighted by Crippen LogP contribution is 2.26. The minimum atomic E-state index is -0.0501. The Morgan fingerprint density at radius 3 is 2.73 bits per heavy atom. The summed E-state index contributed by atoms with van der Waals surface area (Å²) in [7, 11) is 0. The third-order valence-corrected chi connectivity index (χ3v) is 7.21. The maximum absolute atomic E-state index is 13.0. The molecule has 0 amide bonds. The van der Waals surface area contributed by atoms with Gasteiger partial charge in [-0.05, 0) is 48.1 Å². The molecule has 0 aliphatic carbocycles. The molecular weight excluding hydrogens is 476 g/mol. The van der Waals surface area contributed by atoms with Gasteiger partial charge in [0.1, 0.15) is 0 Å². The summed E-state index contributed by atoms with van der Waals surface area (Å²) >= 11 is 1.43. The van der Waals surface area contributed by atoms with Crippen LogP contribution in [0.4, 0.5) is 5.69 Å². The number of benzene rings is 2. The Balaban J connectivity index is 1.38. The van der Waals surface area contributed by atoms with Crippen LogP contribution < -0.4 is 5.32 Å². The second kappa shape index (κ2) is 11.8. The summed E-state index contributed by atoms with van der Waals surface area (Å²) in [4.78, 5) is 18.1. The number of nitrogens with one attached hydrogen (secondary N) is 1. The second-order valence-electron chi connectivity index (χ2n) is 9.03. The lowest BCUT2D eigenvalue weighted by Gasteiger charge is -2.13. The van der Waals surface area contributed by atoms with Crippen LogP contribution in [0.15, 0.2) is 96.1 Å². The molecule has 0 saturated carbocycles. The Hall–Kier alpha value is -4.03. The van der Waals surface area contributed by atoms with Crippen LogP contribution in [0.3, 0.4) is 0 Å². The van der Waals surface area contributed by atoms with Gasteiger partial charge in [-0.25, -0.2) is 9.50 Å². The molecule has 5 aromatic rings. The fourth-order valence-corrected chi connectivity index (χ4v) is 5.09. The van der Waals surface area contributed by atoms with E-state index in [4.69, 9.17) is 0 Å². The predicted octanol–water partition coefficient (Wildman–Crippen LogP) is 7.76. The van der Waals surface area contributed by atoms with Crippen molar-refractivity contribution in [2.45, 2.75) is 32.6 Å². The van der Waals surface area contributed by atoms with Gasteiger partial charge >= 0.3 is 0 Å². The quantitative estimate of drug-likeness (QED) is 0.147. The van der Waals surface area contributed by atoms with Crippen LogP contribution >= 0.6 is 11.3 Å². The number of nitrogens with zero attached hydrogens (tertiary/aromatic N) is 3. The SMILES string of the molecule is CCCCC/C(=C\c1ccccc1)CNc1cccc(-c2ccnc3c(C(=O)c4cccs4)cnn23)c1. The van der Waals surface area contributed by atoms with Crippen LogP contribution in [0.25, 0.3) is 23.0 Å². The molecule has 0 bridgehead atoms. The molecule has 0 radical (unpaired) electrons. The number of hydrogen-bond acceptors (Lipinski definition) is 5. The molecular formula is C31H30N4OS. The Morgan fingerprint density at radius 2 is 1.92 bits per heavy atom. The zero-order chi connectivity index (χ0) is 25.5. The lowest BCUT2D eigenvalue weighted by Crippen LogP contribution is -2.05. The number of rotatable bonds is 11. The van der Waals surface area contributed by atoms with Crippen molar-refractivity contribution in [2.75, 3.05) is 11.9 Å². The first-order valence-electron chi connectivity index (χ1n) is 12.7. The zero-order valence-corrected chi connectivity index (χ0v) is 21.7. The van der Waals surface area contributed by atoms with E-state index in [0.29, 0.717) is 16.1 Å². The van der Waals surface area contributed by atoms with Crippen molar-refractivity contribution in [2.24, 2.45) is 0 Å². The minimum absolute atomic E-state index is 0.0501. The Morgan fingerprint density at radius 1 is 1.03 bits per heavy atom. The highest BCUT2D eigenvalue weighted by Gasteiger charge is 2.18. The molecule has 37 heavy (non-hydrogen) atoms. The van der Waals surface area contributed by atoms with Crippen molar-refractivity contribution >= 4 is 34.5 Å². The molecule has 5 rings (SSSR count). The molecule has 0 spiro atoms. The normalized spacial score (nSPS) is 11.6. The third-order valence-electron chi connectivity index (χ3n) is 6.34. The largest absolute Gasteiger partial charge is 0.381 e. The Bertz CT molecular complexity index is 1500. The number of carbonyl (C=O) groups excluding carboxylic acids is 1. The standard InChI is InChI=1S/C31H30N4OS/c1-2-3-5-12-24(19-23-10-6-4-7-11-23)21-33-26-14-8-13-25(20-26)28-16-17-32-31-27(22-34-35(28)31)30(36)29-15-9-18-37-29/h4,6-11,13-20,22,33H,2-3,5,12,21H2,1H3/b24-19+. The van der Waals surface area contributed by atoms with Gasteiger partial charge in [0.05, 0.1) is 22.3 Å². The predicted molar refractivity (Wildman–Crippen MR) is 153 cm³/mol. The van der Waals surface area contributed by atoms with Gasteiger partial charge in [0.2, 0.25) is 5.78 Å². The van der Waals surface area contributed by atoms with Gasteiger partial charge in [-0.1, -0.05) is 79.9 Å². The zero-order valence-electron chi connectivity index (χ0n) is 20.9. The number of aromatic nitrogens is 3. The molecule has 3 heterocycles. The molecule has 1 N–H and O–H groups in total. The van der Waals surface area contributed by atoms with Crippen molar-refractivity contribution < 1.29 is 4.79 Å². The van der Waals surface area contributed by atoms with Crippen molar-refractivity contribution in [3.8, 4) is 11.3 Å². The molecule has 0 aliphatic heterocycles. The monoisotopic (exact) mass is 506 g/mol. The molecule has 6 heteroatoms. The summed E-state index contributed by atoms with van der Waals surface area (Å²) in [6.45, 7) is 3.02. The van der Waals surface area contributed by atoms with E-state index >= 15 is 0 Å². The van der Waals surface area contributed by atoms with Crippen molar-refractivity contribution in [1.82, 2.24) is 14.6 Å². The fraction of sp³-hybridized carbons (Fsp3) is 0.194. The van der Waals surface area contributed by atoms with Crippen LogP contribution in [-0.4, -0.2) is 26.9 Å². The first-order valence-corrected chi connectivity index (χ1v) is 13.6. The summed E-state index contributed by atoms with van der Waals surface area (Å²) < 4.78 is 1.76. The van der Waals surface area contributed by atoms with E-state index in [1.54, 1.807) is 16.9 Å². The lowest BCUT2D eigenvalue weighted by molar-refractivity contribution is 0.104. The van der Waals surface area contributed by atoms with Crippen LogP contribution in [-0.2, 0) is 0 Å². The van der Waals surface area contributed by atoms with E-state index in [9.17, 15) is 4.79 Å². The number of fused-ring (bicyclic) bond motifs is 1. The van der Waals surface area contributed by atoms with Crippen LogP contribution in [0.1, 0.15) is 53.4 Å². The van der Waals surface area contributed by atoms with E-state index in [1.165, 1.54) is 41.7 Å². The van der Waals surface area contributed by atoms with E-state index in [-0.39, 0.29) is 5.78 Å². The average molecular weight is 507 g/mol. The number of hydrogen-bond donors (Lipinski definition) is 1. The van der Waals surface area contributed by atoms with Crippen molar-refractivity contribution in [3.63, 3.8) is 0 Å². The van der Waals surface area contributed by atoms with E-state index in [1.807, 2.05) is 29.6 Å². The molecule has 0 saturated heterocycles. The maximum Gasteiger partial charge on any atom is 0.208 e. The number of anilines is 1. The smallest absolute Gasteiger partial charge is 0.208 e. The molecule has 0 atom stereocenters. The second-order valence-corrected chi connectivity index (χ2v) is 9.98. The number of thiophene rings is 1. The van der Waals surface area contributed by atoms with Gasteiger partial charge in [0, 0.05) is 24.0 Å².